The quantitative estimate of drug-likeness (QED) is 0.784. The van der Waals surface area contributed by atoms with Crippen LogP contribution >= 0.6 is 0 Å². The lowest BCUT2D eigenvalue weighted by Crippen LogP contribution is -2.42. The van der Waals surface area contributed by atoms with Crippen LogP contribution in [0.3, 0.4) is 0 Å². The molecule has 0 radical (unpaired) electrons. The van der Waals surface area contributed by atoms with Crippen molar-refractivity contribution < 1.29 is 4.74 Å². The monoisotopic (exact) mass is 218 g/mol. The van der Waals surface area contributed by atoms with Crippen molar-refractivity contribution in [1.82, 2.24) is 4.90 Å². The highest BCUT2D eigenvalue weighted by molar-refractivity contribution is 5.62. The zero-order chi connectivity index (χ0) is 11.9. The minimum atomic E-state index is -0.0829. The van der Waals surface area contributed by atoms with Gasteiger partial charge in [0.25, 0.3) is 0 Å². The zero-order valence-corrected chi connectivity index (χ0v) is 10.2. The van der Waals surface area contributed by atoms with Gasteiger partial charge in [0, 0.05) is 7.05 Å². The molecule has 2 N–H and O–H groups in total. The van der Waals surface area contributed by atoms with E-state index >= 15 is 0 Å². The number of hydrogen-bond acceptors (Lipinski definition) is 3. The van der Waals surface area contributed by atoms with Gasteiger partial charge in [0.05, 0.1) is 18.5 Å². The lowest BCUT2D eigenvalue weighted by molar-refractivity contribution is 0.201. The maximum Gasteiger partial charge on any atom is 0.119 e. The highest BCUT2D eigenvalue weighted by Crippen LogP contribution is 2.37. The van der Waals surface area contributed by atoms with E-state index in [1.54, 1.807) is 7.11 Å². The van der Waals surface area contributed by atoms with Gasteiger partial charge in [-0.25, -0.2) is 0 Å². The van der Waals surface area contributed by atoms with Gasteiger partial charge >= 0.3 is 0 Å². The summed E-state index contributed by atoms with van der Waals surface area (Å²) in [6.07, 6.45) is 1.99. The molecular formula is C13H18N2O. The molecule has 0 fully saturated rings. The minimum absolute atomic E-state index is 0.0829. The standard InChI is InChI=1S/C13H18N2O/c1-13(2)11-6-5-10(16-4)7-9(11)8-12(14)15(13)3/h5-8H,14H2,1-4H3. The molecule has 2 rings (SSSR count). The number of rotatable bonds is 1. The molecule has 16 heavy (non-hydrogen) atoms. The highest BCUT2D eigenvalue weighted by atomic mass is 16.5. The van der Waals surface area contributed by atoms with Crippen LogP contribution in [-0.2, 0) is 5.54 Å². The van der Waals surface area contributed by atoms with E-state index in [1.807, 2.05) is 25.3 Å². The Bertz CT molecular complexity index is 449. The smallest absolute Gasteiger partial charge is 0.119 e. The molecule has 1 aliphatic heterocycles. The van der Waals surface area contributed by atoms with Gasteiger partial charge in [-0.15, -0.1) is 0 Å². The molecule has 0 unspecified atom stereocenters. The van der Waals surface area contributed by atoms with Crippen LogP contribution < -0.4 is 10.5 Å². The van der Waals surface area contributed by atoms with Crippen molar-refractivity contribution >= 4 is 6.08 Å². The summed E-state index contributed by atoms with van der Waals surface area (Å²) in [7, 11) is 3.69. The normalized spacial score (nSPS) is 17.8. The van der Waals surface area contributed by atoms with Gasteiger partial charge in [0.1, 0.15) is 5.75 Å². The van der Waals surface area contributed by atoms with E-state index in [-0.39, 0.29) is 5.54 Å². The number of nitrogens with two attached hydrogens (primary N) is 1. The molecule has 1 aliphatic rings. The van der Waals surface area contributed by atoms with E-state index in [0.29, 0.717) is 0 Å². The fourth-order valence-electron chi connectivity index (χ4n) is 2.10. The van der Waals surface area contributed by atoms with Crippen LogP contribution in [0, 0.1) is 0 Å². The Labute approximate surface area is 96.5 Å². The second kappa shape index (κ2) is 3.44. The van der Waals surface area contributed by atoms with Gasteiger partial charge in [-0.3, -0.25) is 0 Å². The lowest BCUT2D eigenvalue weighted by atomic mass is 9.85. The fraction of sp³-hybridized carbons (Fsp3) is 0.385. The van der Waals surface area contributed by atoms with Gasteiger partial charge in [0.15, 0.2) is 0 Å². The summed E-state index contributed by atoms with van der Waals surface area (Å²) in [6.45, 7) is 4.33. The summed E-state index contributed by atoms with van der Waals surface area (Å²) in [5, 5.41) is 0. The first-order valence-electron chi connectivity index (χ1n) is 5.36. The highest BCUT2D eigenvalue weighted by Gasteiger charge is 2.32. The first-order chi connectivity index (χ1) is 7.46. The molecule has 1 aromatic rings. The maximum absolute atomic E-state index is 6.01. The van der Waals surface area contributed by atoms with E-state index in [4.69, 9.17) is 10.5 Å². The number of ether oxygens (including phenoxy) is 1. The fourth-order valence-corrected chi connectivity index (χ4v) is 2.10. The number of methoxy groups -OCH3 is 1. The predicted octanol–water partition coefficient (Wildman–Crippen LogP) is 2.13. The molecule has 0 atom stereocenters. The van der Waals surface area contributed by atoms with Crippen molar-refractivity contribution in [3.63, 3.8) is 0 Å². The summed E-state index contributed by atoms with van der Waals surface area (Å²) < 4.78 is 5.23. The van der Waals surface area contributed by atoms with Crippen LogP contribution in [0.4, 0.5) is 0 Å². The number of fused-ring (bicyclic) bond motifs is 1. The van der Waals surface area contributed by atoms with E-state index in [2.05, 4.69) is 24.8 Å². The Hall–Kier alpha value is -1.64. The number of benzene rings is 1. The van der Waals surface area contributed by atoms with Crippen molar-refractivity contribution in [2.75, 3.05) is 14.2 Å². The minimum Gasteiger partial charge on any atom is -0.497 e. The molecule has 1 aromatic carbocycles. The molecule has 0 spiro atoms. The molecule has 3 heteroatoms. The second-order valence-corrected chi connectivity index (χ2v) is 4.64. The SMILES string of the molecule is COc1ccc2c(c1)C=C(N)N(C)C2(C)C. The summed E-state index contributed by atoms with van der Waals surface area (Å²) in [4.78, 5) is 2.09. The summed E-state index contributed by atoms with van der Waals surface area (Å²) >= 11 is 0. The molecule has 0 amide bonds. The maximum atomic E-state index is 6.01. The molecule has 0 aromatic heterocycles. The van der Waals surface area contributed by atoms with Crippen LogP contribution in [0.2, 0.25) is 0 Å². The molecular weight excluding hydrogens is 200 g/mol. The topological polar surface area (TPSA) is 38.5 Å². The van der Waals surface area contributed by atoms with Gasteiger partial charge in [0.2, 0.25) is 0 Å². The first kappa shape index (κ1) is 10.9. The van der Waals surface area contributed by atoms with Gasteiger partial charge in [-0.1, -0.05) is 6.07 Å². The third kappa shape index (κ3) is 1.43. The van der Waals surface area contributed by atoms with E-state index in [0.717, 1.165) is 17.1 Å². The Morgan fingerprint density at radius 1 is 1.31 bits per heavy atom. The second-order valence-electron chi connectivity index (χ2n) is 4.64. The van der Waals surface area contributed by atoms with Crippen molar-refractivity contribution in [2.24, 2.45) is 5.73 Å². The Kier molecular flexibility index (Phi) is 2.34. The van der Waals surface area contributed by atoms with Crippen molar-refractivity contribution in [3.8, 4) is 5.75 Å². The van der Waals surface area contributed by atoms with Crippen molar-refractivity contribution in [1.29, 1.82) is 0 Å². The van der Waals surface area contributed by atoms with Crippen LogP contribution in [0.15, 0.2) is 24.0 Å². The Morgan fingerprint density at radius 2 is 2.00 bits per heavy atom. The van der Waals surface area contributed by atoms with Crippen molar-refractivity contribution in [3.05, 3.63) is 35.1 Å². The molecule has 3 nitrogen and oxygen atoms in total. The third-order valence-corrected chi connectivity index (χ3v) is 3.45. The Balaban J connectivity index is 2.61. The van der Waals surface area contributed by atoms with Crippen LogP contribution in [-0.4, -0.2) is 19.1 Å². The largest absolute Gasteiger partial charge is 0.497 e. The molecule has 0 saturated carbocycles. The first-order valence-corrected chi connectivity index (χ1v) is 5.36. The number of nitrogens with zero attached hydrogens (tertiary/aromatic N) is 1. The van der Waals surface area contributed by atoms with E-state index in [9.17, 15) is 0 Å². The molecule has 86 valence electrons. The zero-order valence-electron chi connectivity index (χ0n) is 10.2. The third-order valence-electron chi connectivity index (χ3n) is 3.45. The van der Waals surface area contributed by atoms with Crippen LogP contribution in [0.1, 0.15) is 25.0 Å². The molecule has 0 saturated heterocycles. The number of hydrogen-bond donors (Lipinski definition) is 1. The summed E-state index contributed by atoms with van der Waals surface area (Å²) in [5.74, 6) is 1.65. The van der Waals surface area contributed by atoms with E-state index in [1.165, 1.54) is 5.56 Å². The predicted molar refractivity (Wildman–Crippen MR) is 65.9 cm³/mol. The van der Waals surface area contributed by atoms with E-state index < -0.39 is 0 Å². The lowest BCUT2D eigenvalue weighted by Gasteiger charge is -2.42. The van der Waals surface area contributed by atoms with Gasteiger partial charge in [-0.05, 0) is 43.2 Å². The van der Waals surface area contributed by atoms with Gasteiger partial charge in [-0.2, -0.15) is 0 Å². The summed E-state index contributed by atoms with van der Waals surface area (Å²) in [5.41, 5.74) is 8.33. The Morgan fingerprint density at radius 3 is 2.62 bits per heavy atom. The average Bonchev–Trinajstić information content (AvgIpc) is 2.26. The van der Waals surface area contributed by atoms with Crippen molar-refractivity contribution in [2.45, 2.75) is 19.4 Å². The van der Waals surface area contributed by atoms with Gasteiger partial charge < -0.3 is 15.4 Å². The summed E-state index contributed by atoms with van der Waals surface area (Å²) in [6, 6.07) is 6.12. The molecule has 1 heterocycles. The molecule has 0 bridgehead atoms. The average molecular weight is 218 g/mol. The molecule has 0 aliphatic carbocycles. The van der Waals surface area contributed by atoms with Crippen LogP contribution in [0.25, 0.3) is 6.08 Å². The van der Waals surface area contributed by atoms with Crippen LogP contribution in [0.5, 0.6) is 5.75 Å².